The number of hydrogen-bond acceptors (Lipinski definition) is 7. The SMILES string of the molecule is CCCCOC(=O)N1CC(N2Cc3cnc(S(C)(=O)=O)nc3N(C)C2=O)c2ccccc21. The number of unbranched alkanes of at least 4 members (excludes halogenated alkanes) is 1. The predicted octanol–water partition coefficient (Wildman–Crippen LogP) is 2.75. The number of fused-ring (bicyclic) bond motifs is 2. The fourth-order valence-electron chi connectivity index (χ4n) is 3.95. The van der Waals surface area contributed by atoms with E-state index in [0.29, 0.717) is 17.9 Å². The number of anilines is 2. The van der Waals surface area contributed by atoms with Crippen molar-refractivity contribution in [2.24, 2.45) is 0 Å². The van der Waals surface area contributed by atoms with Crippen molar-refractivity contribution in [2.75, 3.05) is 36.3 Å². The van der Waals surface area contributed by atoms with E-state index in [9.17, 15) is 18.0 Å². The molecule has 0 radical (unpaired) electrons. The first-order valence-corrected chi connectivity index (χ1v) is 12.2. The number of carbonyl (C=O) groups excluding carboxylic acids is 2. The third-order valence-electron chi connectivity index (χ3n) is 5.60. The van der Waals surface area contributed by atoms with Gasteiger partial charge < -0.3 is 9.64 Å². The van der Waals surface area contributed by atoms with Gasteiger partial charge in [0, 0.05) is 30.6 Å². The molecule has 0 bridgehead atoms. The third-order valence-corrected chi connectivity index (χ3v) is 6.46. The largest absolute Gasteiger partial charge is 0.449 e. The van der Waals surface area contributed by atoms with Gasteiger partial charge in [-0.25, -0.2) is 28.0 Å². The summed E-state index contributed by atoms with van der Waals surface area (Å²) in [6.07, 6.45) is 3.73. The van der Waals surface area contributed by atoms with E-state index in [0.717, 1.165) is 24.7 Å². The van der Waals surface area contributed by atoms with Crippen molar-refractivity contribution in [1.29, 1.82) is 0 Å². The van der Waals surface area contributed by atoms with Gasteiger partial charge >= 0.3 is 12.1 Å². The number of ether oxygens (including phenoxy) is 1. The summed E-state index contributed by atoms with van der Waals surface area (Å²) in [5.41, 5.74) is 2.18. The minimum atomic E-state index is -3.60. The second-order valence-electron chi connectivity index (χ2n) is 7.90. The number of aromatic nitrogens is 2. The van der Waals surface area contributed by atoms with E-state index in [1.165, 1.54) is 11.1 Å². The van der Waals surface area contributed by atoms with Crippen LogP contribution in [0.25, 0.3) is 0 Å². The molecule has 1 unspecified atom stereocenters. The van der Waals surface area contributed by atoms with E-state index in [2.05, 4.69) is 9.97 Å². The zero-order valence-corrected chi connectivity index (χ0v) is 19.0. The molecule has 0 fully saturated rings. The molecule has 10 nitrogen and oxygen atoms in total. The molecule has 2 aliphatic heterocycles. The number of benzene rings is 1. The van der Waals surface area contributed by atoms with Gasteiger partial charge in [-0.2, -0.15) is 0 Å². The molecule has 0 aliphatic carbocycles. The van der Waals surface area contributed by atoms with Crippen LogP contribution >= 0.6 is 0 Å². The minimum Gasteiger partial charge on any atom is -0.449 e. The summed E-state index contributed by atoms with van der Waals surface area (Å²) >= 11 is 0. The molecule has 2 aliphatic rings. The van der Waals surface area contributed by atoms with Crippen LogP contribution in [0.4, 0.5) is 21.1 Å². The van der Waals surface area contributed by atoms with Crippen molar-refractivity contribution in [2.45, 2.75) is 37.5 Å². The van der Waals surface area contributed by atoms with Crippen molar-refractivity contribution in [1.82, 2.24) is 14.9 Å². The number of sulfone groups is 1. The standard InChI is InChI=1S/C21H25N5O5S/c1-4-5-10-31-21(28)26-13-17(15-8-6-7-9-16(15)26)25-12-14-11-22-19(32(3,29)30)23-18(14)24(2)20(25)27/h6-9,11,17H,4-5,10,12-13H2,1-3H3. The van der Waals surface area contributed by atoms with Gasteiger partial charge in [-0.3, -0.25) is 9.80 Å². The Morgan fingerprint density at radius 2 is 2.03 bits per heavy atom. The summed E-state index contributed by atoms with van der Waals surface area (Å²) in [5, 5.41) is -0.323. The predicted molar refractivity (Wildman–Crippen MR) is 117 cm³/mol. The lowest BCUT2D eigenvalue weighted by atomic mass is 10.1. The molecular weight excluding hydrogens is 434 g/mol. The Labute approximate surface area is 186 Å². The molecule has 32 heavy (non-hydrogen) atoms. The van der Waals surface area contributed by atoms with Crippen molar-refractivity contribution < 1.29 is 22.7 Å². The smallest absolute Gasteiger partial charge is 0.414 e. The molecule has 3 amide bonds. The summed E-state index contributed by atoms with van der Waals surface area (Å²) in [5.74, 6) is 0.267. The lowest BCUT2D eigenvalue weighted by Gasteiger charge is -2.37. The van der Waals surface area contributed by atoms with Gasteiger partial charge in [-0.15, -0.1) is 0 Å². The lowest BCUT2D eigenvalue weighted by Crippen LogP contribution is -2.48. The summed E-state index contributed by atoms with van der Waals surface area (Å²) in [6.45, 7) is 2.83. The second-order valence-corrected chi connectivity index (χ2v) is 9.81. The molecule has 11 heteroatoms. The average Bonchev–Trinajstić information content (AvgIpc) is 3.15. The summed E-state index contributed by atoms with van der Waals surface area (Å²) in [4.78, 5) is 38.5. The fraction of sp³-hybridized carbons (Fsp3) is 0.429. The molecule has 170 valence electrons. The normalized spacial score (nSPS) is 17.9. The van der Waals surface area contributed by atoms with Gasteiger partial charge in [-0.05, 0) is 12.5 Å². The minimum absolute atomic E-state index is 0.195. The molecule has 1 atom stereocenters. The molecule has 3 heterocycles. The molecular formula is C21H25N5O5S. The summed E-state index contributed by atoms with van der Waals surface area (Å²) in [6, 6.07) is 6.72. The van der Waals surface area contributed by atoms with Crippen LogP contribution in [0.1, 0.15) is 36.9 Å². The number of hydrogen-bond donors (Lipinski definition) is 0. The number of urea groups is 1. The number of para-hydroxylation sites is 1. The van der Waals surface area contributed by atoms with Crippen LogP contribution in [-0.2, 0) is 21.1 Å². The van der Waals surface area contributed by atoms with Crippen LogP contribution in [0.3, 0.4) is 0 Å². The van der Waals surface area contributed by atoms with E-state index in [-0.39, 0.29) is 36.1 Å². The van der Waals surface area contributed by atoms with Gasteiger partial charge in [-0.1, -0.05) is 31.5 Å². The highest BCUT2D eigenvalue weighted by Gasteiger charge is 2.42. The molecule has 0 saturated carbocycles. The van der Waals surface area contributed by atoms with Crippen LogP contribution in [0.2, 0.25) is 0 Å². The summed E-state index contributed by atoms with van der Waals surface area (Å²) in [7, 11) is -2.06. The summed E-state index contributed by atoms with van der Waals surface area (Å²) < 4.78 is 29.1. The molecule has 0 N–H and O–H groups in total. The lowest BCUT2D eigenvalue weighted by molar-refractivity contribution is 0.148. The maximum atomic E-state index is 13.2. The zero-order chi connectivity index (χ0) is 23.0. The van der Waals surface area contributed by atoms with Crippen molar-refractivity contribution in [3.8, 4) is 0 Å². The van der Waals surface area contributed by atoms with E-state index in [4.69, 9.17) is 4.74 Å². The number of nitrogens with zero attached hydrogens (tertiary/aromatic N) is 5. The van der Waals surface area contributed by atoms with Crippen molar-refractivity contribution in [3.63, 3.8) is 0 Å². The maximum absolute atomic E-state index is 13.2. The van der Waals surface area contributed by atoms with E-state index in [1.54, 1.807) is 16.8 Å². The van der Waals surface area contributed by atoms with E-state index >= 15 is 0 Å². The average molecular weight is 460 g/mol. The highest BCUT2D eigenvalue weighted by molar-refractivity contribution is 7.90. The Balaban J connectivity index is 1.64. The van der Waals surface area contributed by atoms with Gasteiger partial charge in [0.05, 0.1) is 31.4 Å². The van der Waals surface area contributed by atoms with E-state index in [1.807, 2.05) is 31.2 Å². The second kappa shape index (κ2) is 8.38. The fourth-order valence-corrected chi connectivity index (χ4v) is 4.44. The van der Waals surface area contributed by atoms with Crippen LogP contribution in [-0.4, -0.2) is 61.9 Å². The van der Waals surface area contributed by atoms with Crippen LogP contribution in [0.15, 0.2) is 35.6 Å². The highest BCUT2D eigenvalue weighted by Crippen LogP contribution is 2.41. The molecule has 1 aromatic heterocycles. The quantitative estimate of drug-likeness (QED) is 0.499. The Bertz CT molecular complexity index is 1170. The van der Waals surface area contributed by atoms with Crippen LogP contribution in [0.5, 0.6) is 0 Å². The highest BCUT2D eigenvalue weighted by atomic mass is 32.2. The number of amides is 3. The van der Waals surface area contributed by atoms with Crippen LogP contribution in [0, 0.1) is 0 Å². The number of carbonyl (C=O) groups is 2. The Morgan fingerprint density at radius 3 is 2.75 bits per heavy atom. The van der Waals surface area contributed by atoms with Gasteiger partial charge in [0.15, 0.2) is 0 Å². The maximum Gasteiger partial charge on any atom is 0.414 e. The molecule has 4 rings (SSSR count). The van der Waals surface area contributed by atoms with Gasteiger partial charge in [0.25, 0.3) is 0 Å². The first-order valence-electron chi connectivity index (χ1n) is 10.4. The van der Waals surface area contributed by atoms with Crippen LogP contribution < -0.4 is 9.80 Å². The van der Waals surface area contributed by atoms with Crippen molar-refractivity contribution in [3.05, 3.63) is 41.6 Å². The topological polar surface area (TPSA) is 113 Å². The first kappa shape index (κ1) is 22.0. The third kappa shape index (κ3) is 3.88. The Hall–Kier alpha value is -3.21. The molecule has 1 aromatic carbocycles. The van der Waals surface area contributed by atoms with Gasteiger partial charge in [0.1, 0.15) is 5.82 Å². The number of rotatable bonds is 5. The monoisotopic (exact) mass is 459 g/mol. The first-order chi connectivity index (χ1) is 15.2. The molecule has 0 saturated heterocycles. The Kier molecular flexibility index (Phi) is 5.76. The molecule has 2 aromatic rings. The van der Waals surface area contributed by atoms with E-state index < -0.39 is 15.9 Å². The van der Waals surface area contributed by atoms with Gasteiger partial charge in [0.2, 0.25) is 15.0 Å². The zero-order valence-electron chi connectivity index (χ0n) is 18.2. The molecule has 0 spiro atoms. The Morgan fingerprint density at radius 1 is 1.28 bits per heavy atom. The van der Waals surface area contributed by atoms with Crippen molar-refractivity contribution >= 4 is 33.5 Å².